The normalized spacial score (nSPS) is 12.2. The number of rotatable bonds is 8. The molecule has 4 nitrogen and oxygen atoms in total. The summed E-state index contributed by atoms with van der Waals surface area (Å²) in [6.45, 7) is 0. The third-order valence-corrected chi connectivity index (χ3v) is 4.19. The maximum Gasteiger partial charge on any atom is 0.324 e. The fraction of sp³-hybridized carbons (Fsp3) is 0.143. The number of alkyl halides is 1. The van der Waals surface area contributed by atoms with Crippen molar-refractivity contribution < 1.29 is 19.1 Å². The van der Waals surface area contributed by atoms with Crippen LogP contribution < -0.4 is 0 Å². The predicted octanol–water partition coefficient (Wildman–Crippen LogP) is 4.96. The van der Waals surface area contributed by atoms with E-state index in [2.05, 4.69) is 15.9 Å². The van der Waals surface area contributed by atoms with Gasteiger partial charge < -0.3 is 9.47 Å². The third-order valence-electron chi connectivity index (χ3n) is 3.36. The van der Waals surface area contributed by atoms with Gasteiger partial charge in [-0.05, 0) is 29.7 Å². The molecule has 0 amide bonds. The molecule has 0 aliphatic heterocycles. The number of hydrogen-bond donors (Lipinski definition) is 0. The van der Waals surface area contributed by atoms with Crippen LogP contribution in [-0.4, -0.2) is 16.8 Å². The Bertz CT molecular complexity index is 754. The SMILES string of the molecule is O=C(CCC(Br)C(=O)O/C=C/c1ccccc1)O/C=C/c1ccccc1. The summed E-state index contributed by atoms with van der Waals surface area (Å²) in [5, 5.41) is 0. The standard InChI is InChI=1S/C21H19BrO4/c22-19(21(24)26-16-14-18-9-5-2-6-10-18)11-12-20(23)25-15-13-17-7-3-1-4-8-17/h1-10,13-16,19H,11-12H2/b15-13+,16-14+. The first kappa shape index (κ1) is 19.7. The molecule has 1 atom stereocenters. The van der Waals surface area contributed by atoms with Crippen LogP contribution in [0.15, 0.2) is 73.2 Å². The van der Waals surface area contributed by atoms with E-state index in [1.54, 1.807) is 12.2 Å². The molecule has 134 valence electrons. The minimum absolute atomic E-state index is 0.104. The Balaban J connectivity index is 1.67. The molecule has 5 heteroatoms. The molecule has 0 radical (unpaired) electrons. The van der Waals surface area contributed by atoms with Gasteiger partial charge in [0.15, 0.2) is 0 Å². The van der Waals surface area contributed by atoms with Crippen LogP contribution in [0.4, 0.5) is 0 Å². The van der Waals surface area contributed by atoms with Crippen molar-refractivity contribution in [2.75, 3.05) is 0 Å². The van der Waals surface area contributed by atoms with E-state index < -0.39 is 16.8 Å². The van der Waals surface area contributed by atoms with Crippen LogP contribution in [-0.2, 0) is 19.1 Å². The van der Waals surface area contributed by atoms with E-state index in [0.29, 0.717) is 0 Å². The van der Waals surface area contributed by atoms with Crippen molar-refractivity contribution in [2.45, 2.75) is 17.7 Å². The van der Waals surface area contributed by atoms with Crippen LogP contribution in [0.3, 0.4) is 0 Å². The van der Waals surface area contributed by atoms with Crippen molar-refractivity contribution in [1.82, 2.24) is 0 Å². The molecule has 2 aromatic carbocycles. The van der Waals surface area contributed by atoms with Crippen LogP contribution >= 0.6 is 15.9 Å². The summed E-state index contributed by atoms with van der Waals surface area (Å²) in [4.78, 5) is 23.0. The first-order valence-electron chi connectivity index (χ1n) is 8.12. The number of esters is 2. The van der Waals surface area contributed by atoms with Crippen molar-refractivity contribution in [3.8, 4) is 0 Å². The molecule has 0 aromatic heterocycles. The van der Waals surface area contributed by atoms with Gasteiger partial charge in [-0.25, -0.2) is 0 Å². The Morgan fingerprint density at radius 1 is 0.846 bits per heavy atom. The lowest BCUT2D eigenvalue weighted by Gasteiger charge is -2.06. The second-order valence-electron chi connectivity index (χ2n) is 5.36. The van der Waals surface area contributed by atoms with Gasteiger partial charge in [0.05, 0.1) is 12.5 Å². The van der Waals surface area contributed by atoms with Gasteiger partial charge >= 0.3 is 11.9 Å². The maximum atomic E-state index is 11.9. The van der Waals surface area contributed by atoms with Gasteiger partial charge in [-0.1, -0.05) is 76.6 Å². The van der Waals surface area contributed by atoms with Gasteiger partial charge in [0.25, 0.3) is 0 Å². The fourth-order valence-electron chi connectivity index (χ4n) is 1.99. The van der Waals surface area contributed by atoms with E-state index in [-0.39, 0.29) is 12.8 Å². The summed E-state index contributed by atoms with van der Waals surface area (Å²) < 4.78 is 10.1. The molecular weight excluding hydrogens is 396 g/mol. The second kappa shape index (κ2) is 11.1. The molecule has 2 rings (SSSR count). The molecule has 0 aliphatic rings. The molecule has 0 saturated heterocycles. The van der Waals surface area contributed by atoms with Crippen LogP contribution in [0.1, 0.15) is 24.0 Å². The Morgan fingerprint density at radius 3 is 1.88 bits per heavy atom. The van der Waals surface area contributed by atoms with E-state index in [0.717, 1.165) is 11.1 Å². The Kier molecular flexibility index (Phi) is 8.36. The summed E-state index contributed by atoms with van der Waals surface area (Å²) >= 11 is 3.23. The largest absolute Gasteiger partial charge is 0.434 e. The fourth-order valence-corrected chi connectivity index (χ4v) is 2.33. The van der Waals surface area contributed by atoms with Crippen LogP contribution in [0, 0.1) is 0 Å². The lowest BCUT2D eigenvalue weighted by Crippen LogP contribution is -2.16. The number of hydrogen-bond acceptors (Lipinski definition) is 4. The highest BCUT2D eigenvalue weighted by atomic mass is 79.9. The molecule has 0 heterocycles. The lowest BCUT2D eigenvalue weighted by molar-refractivity contribution is -0.139. The van der Waals surface area contributed by atoms with Gasteiger partial charge in [-0.15, -0.1) is 0 Å². The zero-order valence-electron chi connectivity index (χ0n) is 14.1. The first-order valence-corrected chi connectivity index (χ1v) is 9.04. The number of ether oxygens (including phenoxy) is 2. The van der Waals surface area contributed by atoms with Crippen LogP contribution in [0.5, 0.6) is 0 Å². The summed E-state index contributed by atoms with van der Waals surface area (Å²) in [6, 6.07) is 19.0. The monoisotopic (exact) mass is 414 g/mol. The van der Waals surface area contributed by atoms with E-state index in [9.17, 15) is 9.59 Å². The van der Waals surface area contributed by atoms with Crippen molar-refractivity contribution in [2.24, 2.45) is 0 Å². The van der Waals surface area contributed by atoms with E-state index in [4.69, 9.17) is 9.47 Å². The summed E-state index contributed by atoms with van der Waals surface area (Å²) in [6.07, 6.45) is 6.48. The molecule has 2 aromatic rings. The molecule has 0 N–H and O–H groups in total. The maximum absolute atomic E-state index is 11.9. The number of halogens is 1. The predicted molar refractivity (Wildman–Crippen MR) is 105 cm³/mol. The number of carbonyl (C=O) groups excluding carboxylic acids is 2. The zero-order chi connectivity index (χ0) is 18.6. The molecular formula is C21H19BrO4. The van der Waals surface area contributed by atoms with Crippen molar-refractivity contribution in [3.05, 3.63) is 84.3 Å². The highest BCUT2D eigenvalue weighted by Crippen LogP contribution is 2.12. The summed E-state index contributed by atoms with van der Waals surface area (Å²) in [7, 11) is 0. The molecule has 0 bridgehead atoms. The highest BCUT2D eigenvalue weighted by Gasteiger charge is 2.17. The first-order chi connectivity index (χ1) is 12.6. The minimum atomic E-state index is -0.575. The van der Waals surface area contributed by atoms with Crippen molar-refractivity contribution >= 4 is 40.0 Å². The van der Waals surface area contributed by atoms with Gasteiger partial charge in [0.2, 0.25) is 0 Å². The van der Waals surface area contributed by atoms with Crippen LogP contribution in [0.25, 0.3) is 12.2 Å². The van der Waals surface area contributed by atoms with Gasteiger partial charge in [0, 0.05) is 6.42 Å². The minimum Gasteiger partial charge on any atom is -0.434 e. The van der Waals surface area contributed by atoms with Gasteiger partial charge in [-0.2, -0.15) is 0 Å². The quantitative estimate of drug-likeness (QED) is 0.348. The topological polar surface area (TPSA) is 52.6 Å². The Morgan fingerprint density at radius 2 is 1.35 bits per heavy atom. The number of carbonyl (C=O) groups is 2. The molecule has 0 spiro atoms. The summed E-state index contributed by atoms with van der Waals surface area (Å²) in [5.74, 6) is -0.862. The average Bonchev–Trinajstić information content (AvgIpc) is 2.67. The lowest BCUT2D eigenvalue weighted by atomic mass is 10.2. The zero-order valence-corrected chi connectivity index (χ0v) is 15.7. The second-order valence-corrected chi connectivity index (χ2v) is 6.47. The molecule has 0 aliphatic carbocycles. The van der Waals surface area contributed by atoms with Gasteiger partial charge in [-0.3, -0.25) is 9.59 Å². The highest BCUT2D eigenvalue weighted by molar-refractivity contribution is 9.10. The average molecular weight is 415 g/mol. The van der Waals surface area contributed by atoms with Crippen molar-refractivity contribution in [3.63, 3.8) is 0 Å². The molecule has 1 unspecified atom stereocenters. The van der Waals surface area contributed by atoms with Crippen molar-refractivity contribution in [1.29, 1.82) is 0 Å². The Hall–Kier alpha value is -2.66. The van der Waals surface area contributed by atoms with E-state index in [1.807, 2.05) is 60.7 Å². The summed E-state index contributed by atoms with van der Waals surface area (Å²) in [5.41, 5.74) is 1.87. The number of benzene rings is 2. The molecule has 0 fully saturated rings. The van der Waals surface area contributed by atoms with Gasteiger partial charge in [0.1, 0.15) is 4.83 Å². The van der Waals surface area contributed by atoms with E-state index >= 15 is 0 Å². The van der Waals surface area contributed by atoms with E-state index in [1.165, 1.54) is 12.5 Å². The Labute approximate surface area is 161 Å². The smallest absolute Gasteiger partial charge is 0.324 e. The molecule has 0 saturated carbocycles. The van der Waals surface area contributed by atoms with Crippen LogP contribution in [0.2, 0.25) is 0 Å². The molecule has 26 heavy (non-hydrogen) atoms. The third kappa shape index (κ3) is 7.49.